The Morgan fingerprint density at radius 3 is 2.38 bits per heavy atom. The molecule has 34 heavy (non-hydrogen) atoms. The molecule has 0 spiro atoms. The Balaban J connectivity index is 1.39. The highest BCUT2D eigenvalue weighted by Crippen LogP contribution is 2.20. The summed E-state index contributed by atoms with van der Waals surface area (Å²) in [6.45, 7) is 0. The summed E-state index contributed by atoms with van der Waals surface area (Å²) in [6.07, 6.45) is 3.21. The first kappa shape index (κ1) is 22.9. The number of para-hydroxylation sites is 1. The fourth-order valence-corrected chi connectivity index (χ4v) is 3.79. The SMILES string of the molecule is CN(C(=O)c1cccc(NC(=S)NC(=O)/C=C/c2cccc3ccccc23)c1)c1ccccc1. The topological polar surface area (TPSA) is 61.4 Å². The van der Waals surface area contributed by atoms with Gasteiger partial charge in [0.15, 0.2) is 5.11 Å². The molecule has 0 aliphatic carbocycles. The van der Waals surface area contributed by atoms with Gasteiger partial charge in [0.1, 0.15) is 0 Å². The number of carbonyl (C=O) groups excluding carboxylic acids is 2. The van der Waals surface area contributed by atoms with Crippen molar-refractivity contribution in [1.82, 2.24) is 5.32 Å². The van der Waals surface area contributed by atoms with Crippen molar-refractivity contribution in [3.63, 3.8) is 0 Å². The van der Waals surface area contributed by atoms with E-state index in [1.807, 2.05) is 72.8 Å². The first-order valence-electron chi connectivity index (χ1n) is 10.7. The molecule has 168 valence electrons. The van der Waals surface area contributed by atoms with Crippen LogP contribution in [0.3, 0.4) is 0 Å². The Kier molecular flexibility index (Phi) is 7.10. The molecular formula is C28H23N3O2S. The number of nitrogens with one attached hydrogen (secondary N) is 2. The van der Waals surface area contributed by atoms with Crippen LogP contribution >= 0.6 is 12.2 Å². The maximum atomic E-state index is 12.9. The van der Waals surface area contributed by atoms with Crippen LogP contribution in [0.15, 0.2) is 103 Å². The minimum atomic E-state index is -0.346. The quantitative estimate of drug-likeness (QED) is 0.296. The molecule has 4 rings (SSSR count). The van der Waals surface area contributed by atoms with Gasteiger partial charge in [-0.25, -0.2) is 0 Å². The van der Waals surface area contributed by atoms with E-state index in [4.69, 9.17) is 12.2 Å². The lowest BCUT2D eigenvalue weighted by Gasteiger charge is -2.18. The van der Waals surface area contributed by atoms with E-state index in [9.17, 15) is 9.59 Å². The Labute approximate surface area is 203 Å². The van der Waals surface area contributed by atoms with E-state index in [1.165, 1.54) is 6.08 Å². The Bertz CT molecular complexity index is 1380. The molecule has 0 atom stereocenters. The van der Waals surface area contributed by atoms with Crippen LogP contribution in [0.25, 0.3) is 16.8 Å². The van der Waals surface area contributed by atoms with Crippen LogP contribution in [0, 0.1) is 0 Å². The third-order valence-corrected chi connectivity index (χ3v) is 5.49. The standard InChI is InChI=1S/C28H23N3O2S/c1-31(24-14-3-2-4-15-24)27(33)22-12-8-13-23(19-22)29-28(34)30-26(32)18-17-21-11-7-10-20-9-5-6-16-25(20)21/h2-19H,1H3,(H2,29,30,32,34)/b18-17+. The molecule has 0 fully saturated rings. The molecule has 4 aromatic rings. The lowest BCUT2D eigenvalue weighted by Crippen LogP contribution is -2.33. The van der Waals surface area contributed by atoms with Crippen molar-refractivity contribution >= 4 is 57.4 Å². The van der Waals surface area contributed by atoms with Crippen molar-refractivity contribution < 1.29 is 9.59 Å². The van der Waals surface area contributed by atoms with Gasteiger partial charge in [-0.3, -0.25) is 14.9 Å². The van der Waals surface area contributed by atoms with Crippen LogP contribution in [-0.4, -0.2) is 24.0 Å². The fraction of sp³-hybridized carbons (Fsp3) is 0.0357. The van der Waals surface area contributed by atoms with E-state index in [0.29, 0.717) is 11.3 Å². The van der Waals surface area contributed by atoms with Crippen molar-refractivity contribution in [2.24, 2.45) is 0 Å². The monoisotopic (exact) mass is 465 g/mol. The number of carbonyl (C=O) groups is 2. The third-order valence-electron chi connectivity index (χ3n) is 5.29. The van der Waals surface area contributed by atoms with Crippen LogP contribution in [0.4, 0.5) is 11.4 Å². The fourth-order valence-electron chi connectivity index (χ4n) is 3.57. The second-order valence-electron chi connectivity index (χ2n) is 7.63. The van der Waals surface area contributed by atoms with Crippen LogP contribution in [0.1, 0.15) is 15.9 Å². The number of thiocarbonyl (C=S) groups is 1. The molecule has 0 heterocycles. The van der Waals surface area contributed by atoms with E-state index >= 15 is 0 Å². The molecule has 0 unspecified atom stereocenters. The van der Waals surface area contributed by atoms with E-state index in [-0.39, 0.29) is 16.9 Å². The van der Waals surface area contributed by atoms with E-state index in [1.54, 1.807) is 42.3 Å². The average Bonchev–Trinajstić information content (AvgIpc) is 2.87. The smallest absolute Gasteiger partial charge is 0.258 e. The van der Waals surface area contributed by atoms with Gasteiger partial charge in [-0.1, -0.05) is 66.7 Å². The van der Waals surface area contributed by atoms with Gasteiger partial charge < -0.3 is 10.2 Å². The molecule has 0 bridgehead atoms. The number of hydrogen-bond acceptors (Lipinski definition) is 3. The minimum absolute atomic E-state index is 0.147. The highest BCUT2D eigenvalue weighted by atomic mass is 32.1. The normalized spacial score (nSPS) is 10.7. The summed E-state index contributed by atoms with van der Waals surface area (Å²) in [5.41, 5.74) is 2.85. The summed E-state index contributed by atoms with van der Waals surface area (Å²) in [6, 6.07) is 30.3. The number of fused-ring (bicyclic) bond motifs is 1. The first-order valence-corrected chi connectivity index (χ1v) is 11.1. The molecule has 4 aromatic carbocycles. The largest absolute Gasteiger partial charge is 0.332 e. The van der Waals surface area contributed by atoms with Crippen LogP contribution < -0.4 is 15.5 Å². The molecule has 0 aliphatic rings. The highest BCUT2D eigenvalue weighted by molar-refractivity contribution is 7.80. The number of anilines is 2. The lowest BCUT2D eigenvalue weighted by atomic mass is 10.0. The summed E-state index contributed by atoms with van der Waals surface area (Å²) >= 11 is 5.28. The molecular weight excluding hydrogens is 442 g/mol. The van der Waals surface area contributed by atoms with Crippen LogP contribution in [-0.2, 0) is 4.79 Å². The van der Waals surface area contributed by atoms with E-state index in [0.717, 1.165) is 22.0 Å². The van der Waals surface area contributed by atoms with Crippen molar-refractivity contribution in [2.45, 2.75) is 0 Å². The zero-order chi connectivity index (χ0) is 23.9. The Hall–Kier alpha value is -4.29. The number of rotatable bonds is 5. The van der Waals surface area contributed by atoms with Crippen LogP contribution in [0.2, 0.25) is 0 Å². The van der Waals surface area contributed by atoms with Gasteiger partial charge >= 0.3 is 0 Å². The number of amides is 2. The second kappa shape index (κ2) is 10.6. The average molecular weight is 466 g/mol. The third kappa shape index (κ3) is 5.54. The van der Waals surface area contributed by atoms with Gasteiger partial charge in [-0.2, -0.15) is 0 Å². The number of benzene rings is 4. The van der Waals surface area contributed by atoms with Crippen LogP contribution in [0.5, 0.6) is 0 Å². The van der Waals surface area contributed by atoms with Crippen molar-refractivity contribution in [3.05, 3.63) is 114 Å². The molecule has 0 aliphatic heterocycles. The highest BCUT2D eigenvalue weighted by Gasteiger charge is 2.14. The Morgan fingerprint density at radius 1 is 0.853 bits per heavy atom. The predicted octanol–water partition coefficient (Wildman–Crippen LogP) is 5.64. The van der Waals surface area contributed by atoms with Gasteiger partial charge in [-0.05, 0) is 65.0 Å². The zero-order valence-corrected chi connectivity index (χ0v) is 19.4. The molecule has 0 aromatic heterocycles. The Morgan fingerprint density at radius 2 is 1.56 bits per heavy atom. The first-order chi connectivity index (χ1) is 16.5. The van der Waals surface area contributed by atoms with Gasteiger partial charge in [0.05, 0.1) is 0 Å². The van der Waals surface area contributed by atoms with Crippen molar-refractivity contribution in [3.8, 4) is 0 Å². The van der Waals surface area contributed by atoms with Gasteiger partial charge in [0.25, 0.3) is 5.91 Å². The summed E-state index contributed by atoms with van der Waals surface area (Å²) in [5.74, 6) is -0.496. The molecule has 0 saturated carbocycles. The minimum Gasteiger partial charge on any atom is -0.332 e. The number of nitrogens with zero attached hydrogens (tertiary/aromatic N) is 1. The molecule has 2 N–H and O–H groups in total. The van der Waals surface area contributed by atoms with E-state index in [2.05, 4.69) is 10.6 Å². The zero-order valence-electron chi connectivity index (χ0n) is 18.6. The molecule has 5 nitrogen and oxygen atoms in total. The summed E-state index contributed by atoms with van der Waals surface area (Å²) in [7, 11) is 1.73. The van der Waals surface area contributed by atoms with Crippen molar-refractivity contribution in [1.29, 1.82) is 0 Å². The summed E-state index contributed by atoms with van der Waals surface area (Å²) < 4.78 is 0. The maximum absolute atomic E-state index is 12.9. The predicted molar refractivity (Wildman–Crippen MR) is 143 cm³/mol. The molecule has 0 radical (unpaired) electrons. The second-order valence-corrected chi connectivity index (χ2v) is 8.03. The van der Waals surface area contributed by atoms with Crippen molar-refractivity contribution in [2.75, 3.05) is 17.3 Å². The summed E-state index contributed by atoms with van der Waals surface area (Å²) in [5, 5.41) is 7.93. The number of hydrogen-bond donors (Lipinski definition) is 2. The maximum Gasteiger partial charge on any atom is 0.258 e. The van der Waals surface area contributed by atoms with Gasteiger partial charge in [0, 0.05) is 30.1 Å². The summed E-state index contributed by atoms with van der Waals surface area (Å²) in [4.78, 5) is 26.8. The molecule has 0 saturated heterocycles. The van der Waals surface area contributed by atoms with Gasteiger partial charge in [0.2, 0.25) is 5.91 Å². The lowest BCUT2D eigenvalue weighted by molar-refractivity contribution is -0.115. The van der Waals surface area contributed by atoms with E-state index < -0.39 is 0 Å². The molecule has 6 heteroatoms. The van der Waals surface area contributed by atoms with Gasteiger partial charge in [-0.15, -0.1) is 0 Å². The molecule has 2 amide bonds.